The summed E-state index contributed by atoms with van der Waals surface area (Å²) in [5, 5.41) is 6.85. The van der Waals surface area contributed by atoms with Crippen LogP contribution in [0.2, 0.25) is 0 Å². The van der Waals surface area contributed by atoms with Gasteiger partial charge in [-0.1, -0.05) is 30.3 Å². The molecule has 2 aromatic rings. The largest absolute Gasteiger partial charge is 0.339 e. The van der Waals surface area contributed by atoms with Gasteiger partial charge in [-0.25, -0.2) is 0 Å². The van der Waals surface area contributed by atoms with Crippen molar-refractivity contribution >= 4 is 35.0 Å². The minimum Gasteiger partial charge on any atom is -0.339 e. The van der Waals surface area contributed by atoms with Gasteiger partial charge in [-0.05, 0) is 0 Å². The van der Waals surface area contributed by atoms with Gasteiger partial charge >= 0.3 is 0 Å². The quantitative estimate of drug-likeness (QED) is 0.737. The molecule has 7 nitrogen and oxygen atoms in total. The van der Waals surface area contributed by atoms with Crippen molar-refractivity contribution in [2.45, 2.75) is 19.4 Å². The lowest BCUT2D eigenvalue weighted by Crippen LogP contribution is -2.39. The van der Waals surface area contributed by atoms with Crippen LogP contribution in [0.3, 0.4) is 0 Å². The summed E-state index contributed by atoms with van der Waals surface area (Å²) in [4.78, 5) is 38.2. The van der Waals surface area contributed by atoms with E-state index in [1.54, 1.807) is 30.5 Å². The smallest absolute Gasteiger partial charge is 0.244 e. The Bertz CT molecular complexity index is 800. The topological polar surface area (TPSA) is 84.3 Å². The predicted molar refractivity (Wildman–Crippen MR) is 105 cm³/mol. The van der Waals surface area contributed by atoms with Gasteiger partial charge < -0.3 is 10.2 Å². The number of ketones is 1. The zero-order valence-electron chi connectivity index (χ0n) is 15.0. The van der Waals surface area contributed by atoms with Crippen LogP contribution in [-0.4, -0.2) is 56.9 Å². The van der Waals surface area contributed by atoms with E-state index in [0.717, 1.165) is 24.6 Å². The van der Waals surface area contributed by atoms with Crippen LogP contribution in [-0.2, 0) is 16.1 Å². The van der Waals surface area contributed by atoms with Crippen LogP contribution in [0.1, 0.15) is 23.2 Å². The molecule has 1 N–H and O–H groups in total. The Labute approximate surface area is 162 Å². The van der Waals surface area contributed by atoms with E-state index >= 15 is 0 Å². The lowest BCUT2D eigenvalue weighted by Gasteiger charge is -2.26. The maximum Gasteiger partial charge on any atom is 0.244 e. The molecule has 0 saturated carbocycles. The van der Waals surface area contributed by atoms with Crippen molar-refractivity contribution in [3.8, 4) is 0 Å². The number of anilines is 1. The molecular formula is C19H22N4O3S. The third-order valence-electron chi connectivity index (χ3n) is 4.25. The van der Waals surface area contributed by atoms with E-state index in [1.165, 1.54) is 10.9 Å². The third kappa shape index (κ3) is 5.68. The molecule has 2 amide bonds. The summed E-state index contributed by atoms with van der Waals surface area (Å²) in [7, 11) is 0. The van der Waals surface area contributed by atoms with Gasteiger partial charge in [0.05, 0.1) is 11.9 Å². The summed E-state index contributed by atoms with van der Waals surface area (Å²) in [5.41, 5.74) is 1.13. The molecule has 1 aliphatic heterocycles. The molecule has 1 aliphatic rings. The molecule has 0 atom stereocenters. The van der Waals surface area contributed by atoms with Crippen LogP contribution in [0.15, 0.2) is 42.7 Å². The molecule has 0 unspecified atom stereocenters. The molecule has 1 saturated heterocycles. The maximum absolute atomic E-state index is 12.2. The summed E-state index contributed by atoms with van der Waals surface area (Å²) in [6.45, 7) is 1.70. The van der Waals surface area contributed by atoms with Crippen LogP contribution >= 0.6 is 11.8 Å². The highest BCUT2D eigenvalue weighted by molar-refractivity contribution is 7.99. The standard InChI is InChI=1S/C19H22N4O3S/c24-17(15-4-2-1-3-5-15)6-7-18(25)21-16-12-20-23(13-16)14-19(26)22-8-10-27-11-9-22/h1-5,12-13H,6-11,14H2,(H,21,25). The van der Waals surface area contributed by atoms with Crippen molar-refractivity contribution in [1.82, 2.24) is 14.7 Å². The SMILES string of the molecule is O=C(CCC(=O)c1ccccc1)Nc1cnn(CC(=O)N2CCSCC2)c1. The van der Waals surface area contributed by atoms with E-state index in [4.69, 9.17) is 0 Å². The molecule has 8 heteroatoms. The molecule has 1 aromatic carbocycles. The summed E-state index contributed by atoms with van der Waals surface area (Å²) < 4.78 is 1.52. The first-order valence-corrected chi connectivity index (χ1v) is 10.0. The van der Waals surface area contributed by atoms with E-state index in [9.17, 15) is 14.4 Å². The average molecular weight is 386 g/mol. The molecule has 0 bridgehead atoms. The van der Waals surface area contributed by atoms with Crippen molar-refractivity contribution < 1.29 is 14.4 Å². The number of rotatable bonds is 7. The Kier molecular flexibility index (Phi) is 6.64. The minimum absolute atomic E-state index is 0.0322. The molecule has 0 spiro atoms. The van der Waals surface area contributed by atoms with Gasteiger partial charge in [-0.2, -0.15) is 16.9 Å². The number of aromatic nitrogens is 2. The van der Waals surface area contributed by atoms with E-state index in [0.29, 0.717) is 11.3 Å². The van der Waals surface area contributed by atoms with E-state index in [-0.39, 0.29) is 37.0 Å². The van der Waals surface area contributed by atoms with Crippen molar-refractivity contribution in [1.29, 1.82) is 0 Å². The average Bonchev–Trinajstić information content (AvgIpc) is 3.14. The maximum atomic E-state index is 12.2. The highest BCUT2D eigenvalue weighted by Crippen LogP contribution is 2.11. The first kappa shape index (κ1) is 19.2. The summed E-state index contributed by atoms with van der Waals surface area (Å²) in [6, 6.07) is 8.91. The summed E-state index contributed by atoms with van der Waals surface area (Å²) in [6.07, 6.45) is 3.39. The number of nitrogens with one attached hydrogen (secondary N) is 1. The molecular weight excluding hydrogens is 364 g/mol. The number of amides is 2. The van der Waals surface area contributed by atoms with Gasteiger partial charge in [0, 0.05) is 49.2 Å². The van der Waals surface area contributed by atoms with Crippen molar-refractivity contribution in [3.05, 3.63) is 48.3 Å². The van der Waals surface area contributed by atoms with Gasteiger partial charge in [-0.15, -0.1) is 0 Å². The zero-order chi connectivity index (χ0) is 19.1. The molecule has 142 valence electrons. The summed E-state index contributed by atoms with van der Waals surface area (Å²) >= 11 is 1.85. The Balaban J connectivity index is 1.45. The van der Waals surface area contributed by atoms with Crippen molar-refractivity contribution in [2.24, 2.45) is 0 Å². The fourth-order valence-electron chi connectivity index (χ4n) is 2.78. The number of Topliss-reactive ketones (excluding diaryl/α,β-unsaturated/α-hetero) is 1. The van der Waals surface area contributed by atoms with E-state index in [1.807, 2.05) is 22.7 Å². The van der Waals surface area contributed by atoms with Crippen molar-refractivity contribution in [3.63, 3.8) is 0 Å². The minimum atomic E-state index is -0.252. The van der Waals surface area contributed by atoms with Gasteiger partial charge in [0.25, 0.3) is 0 Å². The van der Waals surface area contributed by atoms with Crippen LogP contribution in [0.4, 0.5) is 5.69 Å². The van der Waals surface area contributed by atoms with Gasteiger partial charge in [0.15, 0.2) is 5.78 Å². The molecule has 2 heterocycles. The number of nitrogens with zero attached hydrogens (tertiary/aromatic N) is 3. The molecule has 0 radical (unpaired) electrons. The summed E-state index contributed by atoms with van der Waals surface area (Å²) in [5.74, 6) is 1.65. The van der Waals surface area contributed by atoms with E-state index in [2.05, 4.69) is 10.4 Å². The van der Waals surface area contributed by atoms with Gasteiger partial charge in [0.1, 0.15) is 6.54 Å². The number of benzene rings is 1. The highest BCUT2D eigenvalue weighted by Gasteiger charge is 2.17. The second-order valence-corrected chi connectivity index (χ2v) is 7.48. The Morgan fingerprint density at radius 1 is 1.07 bits per heavy atom. The Morgan fingerprint density at radius 3 is 2.56 bits per heavy atom. The Morgan fingerprint density at radius 2 is 1.81 bits per heavy atom. The predicted octanol–water partition coefficient (Wildman–Crippen LogP) is 2.06. The van der Waals surface area contributed by atoms with Gasteiger partial charge in [0.2, 0.25) is 11.8 Å². The molecule has 0 aliphatic carbocycles. The van der Waals surface area contributed by atoms with Crippen LogP contribution in [0.5, 0.6) is 0 Å². The van der Waals surface area contributed by atoms with Crippen LogP contribution in [0, 0.1) is 0 Å². The normalized spacial score (nSPS) is 14.0. The molecule has 27 heavy (non-hydrogen) atoms. The third-order valence-corrected chi connectivity index (χ3v) is 5.20. The molecule has 3 rings (SSSR count). The monoisotopic (exact) mass is 386 g/mol. The lowest BCUT2D eigenvalue weighted by molar-refractivity contribution is -0.131. The first-order valence-electron chi connectivity index (χ1n) is 8.88. The van der Waals surface area contributed by atoms with Crippen LogP contribution in [0.25, 0.3) is 0 Å². The fourth-order valence-corrected chi connectivity index (χ4v) is 3.69. The molecule has 1 fully saturated rings. The number of hydrogen-bond donors (Lipinski definition) is 1. The first-order chi connectivity index (χ1) is 13.1. The fraction of sp³-hybridized carbons (Fsp3) is 0.368. The Hall–Kier alpha value is -2.61. The second kappa shape index (κ2) is 9.36. The number of carbonyl (C=O) groups is 3. The molecule has 1 aromatic heterocycles. The number of thioether (sulfide) groups is 1. The van der Waals surface area contributed by atoms with Gasteiger partial charge in [-0.3, -0.25) is 19.1 Å². The zero-order valence-corrected chi connectivity index (χ0v) is 15.8. The van der Waals surface area contributed by atoms with Crippen molar-refractivity contribution in [2.75, 3.05) is 29.9 Å². The van der Waals surface area contributed by atoms with Crippen LogP contribution < -0.4 is 5.32 Å². The van der Waals surface area contributed by atoms with E-state index < -0.39 is 0 Å². The number of carbonyl (C=O) groups excluding carboxylic acids is 3. The number of hydrogen-bond acceptors (Lipinski definition) is 5. The lowest BCUT2D eigenvalue weighted by atomic mass is 10.1. The highest BCUT2D eigenvalue weighted by atomic mass is 32.2. The second-order valence-electron chi connectivity index (χ2n) is 6.26.